The molecule has 0 radical (unpaired) electrons. The summed E-state index contributed by atoms with van der Waals surface area (Å²) < 4.78 is 52.6. The van der Waals surface area contributed by atoms with E-state index in [-0.39, 0.29) is 23.7 Å². The zero-order valence-corrected chi connectivity index (χ0v) is 16.5. The standard InChI is InChI=1S/C20H22F2N2O3S/c1-13-10-15(21)6-8-17(13)18-7-5-14(11-19(18)22)20(25)23-16-4-3-9-24(12-16)28(2,26)27/h5-8,10-11,16H,3-4,9,12H2,1-2H3,(H,23,25). The summed E-state index contributed by atoms with van der Waals surface area (Å²) >= 11 is 0. The van der Waals surface area contributed by atoms with Crippen molar-refractivity contribution in [2.75, 3.05) is 19.3 Å². The number of carbonyl (C=O) groups excluding carboxylic acids is 1. The third kappa shape index (κ3) is 4.56. The van der Waals surface area contributed by atoms with Crippen molar-refractivity contribution < 1.29 is 22.0 Å². The Morgan fingerprint density at radius 3 is 2.50 bits per heavy atom. The number of benzene rings is 2. The van der Waals surface area contributed by atoms with Crippen molar-refractivity contribution in [2.45, 2.75) is 25.8 Å². The van der Waals surface area contributed by atoms with Crippen molar-refractivity contribution in [3.8, 4) is 11.1 Å². The van der Waals surface area contributed by atoms with Crippen LogP contribution in [0.4, 0.5) is 8.78 Å². The largest absolute Gasteiger partial charge is 0.348 e. The van der Waals surface area contributed by atoms with Gasteiger partial charge in [-0.3, -0.25) is 4.79 Å². The SMILES string of the molecule is Cc1cc(F)ccc1-c1ccc(C(=O)NC2CCCN(S(C)(=O)=O)C2)cc1F. The molecule has 1 atom stereocenters. The van der Waals surface area contributed by atoms with Crippen LogP contribution in [0.3, 0.4) is 0 Å². The van der Waals surface area contributed by atoms with Crippen LogP contribution >= 0.6 is 0 Å². The Balaban J connectivity index is 1.75. The molecule has 1 heterocycles. The molecule has 1 N–H and O–H groups in total. The van der Waals surface area contributed by atoms with Gasteiger partial charge in [0.15, 0.2) is 0 Å². The number of hydrogen-bond acceptors (Lipinski definition) is 3. The Hall–Kier alpha value is -2.32. The number of nitrogens with one attached hydrogen (secondary N) is 1. The molecule has 1 unspecified atom stereocenters. The van der Waals surface area contributed by atoms with Gasteiger partial charge < -0.3 is 5.32 Å². The summed E-state index contributed by atoms with van der Waals surface area (Å²) in [6.45, 7) is 2.33. The summed E-state index contributed by atoms with van der Waals surface area (Å²) in [5.41, 5.74) is 1.59. The summed E-state index contributed by atoms with van der Waals surface area (Å²) in [4.78, 5) is 12.5. The van der Waals surface area contributed by atoms with Crippen LogP contribution in [0.1, 0.15) is 28.8 Å². The monoisotopic (exact) mass is 408 g/mol. The lowest BCUT2D eigenvalue weighted by molar-refractivity contribution is 0.0921. The van der Waals surface area contributed by atoms with Gasteiger partial charge in [-0.15, -0.1) is 0 Å². The molecule has 2 aromatic rings. The summed E-state index contributed by atoms with van der Waals surface area (Å²) in [5, 5.41) is 2.78. The fourth-order valence-electron chi connectivity index (χ4n) is 3.43. The van der Waals surface area contributed by atoms with Crippen LogP contribution in [-0.4, -0.2) is 44.0 Å². The Morgan fingerprint density at radius 1 is 1.14 bits per heavy atom. The number of hydrogen-bond donors (Lipinski definition) is 1. The van der Waals surface area contributed by atoms with Gasteiger partial charge in [-0.25, -0.2) is 21.5 Å². The predicted molar refractivity (Wildman–Crippen MR) is 103 cm³/mol. The lowest BCUT2D eigenvalue weighted by Crippen LogP contribution is -2.49. The van der Waals surface area contributed by atoms with Gasteiger partial charge in [0, 0.05) is 30.3 Å². The van der Waals surface area contributed by atoms with Crippen molar-refractivity contribution in [1.82, 2.24) is 9.62 Å². The van der Waals surface area contributed by atoms with Crippen molar-refractivity contribution in [3.05, 3.63) is 59.2 Å². The van der Waals surface area contributed by atoms with Gasteiger partial charge in [0.05, 0.1) is 6.26 Å². The molecule has 0 aromatic heterocycles. The molecule has 1 saturated heterocycles. The molecule has 1 amide bonds. The molecular formula is C20H22F2N2O3S. The highest BCUT2D eigenvalue weighted by molar-refractivity contribution is 7.88. The molecule has 0 saturated carbocycles. The zero-order valence-electron chi connectivity index (χ0n) is 15.7. The van der Waals surface area contributed by atoms with Crippen molar-refractivity contribution in [1.29, 1.82) is 0 Å². The number of halogens is 2. The predicted octanol–water partition coefficient (Wildman–Crippen LogP) is 3.09. The van der Waals surface area contributed by atoms with E-state index >= 15 is 0 Å². The van der Waals surface area contributed by atoms with Crippen LogP contribution in [0, 0.1) is 18.6 Å². The molecule has 1 fully saturated rings. The number of rotatable bonds is 4. The molecule has 150 valence electrons. The summed E-state index contributed by atoms with van der Waals surface area (Å²) in [5.74, 6) is -1.43. The Kier molecular flexibility index (Phi) is 5.81. The normalized spacial score (nSPS) is 18.1. The van der Waals surface area contributed by atoms with Gasteiger partial charge >= 0.3 is 0 Å². The maximum absolute atomic E-state index is 14.6. The molecule has 8 heteroatoms. The van der Waals surface area contributed by atoms with Crippen molar-refractivity contribution in [2.24, 2.45) is 0 Å². The third-order valence-corrected chi connectivity index (χ3v) is 6.17. The lowest BCUT2D eigenvalue weighted by Gasteiger charge is -2.31. The molecule has 1 aliphatic heterocycles. The van der Waals surface area contributed by atoms with E-state index in [1.54, 1.807) is 6.92 Å². The first-order valence-corrected chi connectivity index (χ1v) is 10.8. The molecule has 0 aliphatic carbocycles. The maximum Gasteiger partial charge on any atom is 0.251 e. The van der Waals surface area contributed by atoms with E-state index in [1.165, 1.54) is 34.6 Å². The molecule has 0 bridgehead atoms. The highest BCUT2D eigenvalue weighted by Gasteiger charge is 2.27. The van der Waals surface area contributed by atoms with Gasteiger partial charge in [-0.1, -0.05) is 12.1 Å². The van der Waals surface area contributed by atoms with Gasteiger partial charge in [0.25, 0.3) is 5.91 Å². The average molecular weight is 408 g/mol. The Labute approximate surface area is 163 Å². The highest BCUT2D eigenvalue weighted by atomic mass is 32.2. The minimum atomic E-state index is -3.31. The van der Waals surface area contributed by atoms with Gasteiger partial charge in [0.1, 0.15) is 11.6 Å². The number of carbonyl (C=O) groups is 1. The van der Waals surface area contributed by atoms with Crippen LogP contribution in [0.2, 0.25) is 0 Å². The second-order valence-electron chi connectivity index (χ2n) is 7.09. The van der Waals surface area contributed by atoms with Gasteiger partial charge in [-0.2, -0.15) is 0 Å². The van der Waals surface area contributed by atoms with Crippen LogP contribution < -0.4 is 5.32 Å². The molecule has 2 aromatic carbocycles. The van der Waals surface area contributed by atoms with E-state index in [0.717, 1.165) is 12.3 Å². The number of piperidine rings is 1. The summed E-state index contributed by atoms with van der Waals surface area (Å²) in [7, 11) is -3.31. The van der Waals surface area contributed by atoms with Crippen molar-refractivity contribution >= 4 is 15.9 Å². The second-order valence-corrected chi connectivity index (χ2v) is 9.07. The molecule has 0 spiro atoms. The first-order valence-electron chi connectivity index (χ1n) is 8.97. The second kappa shape index (κ2) is 7.97. The van der Waals surface area contributed by atoms with Crippen LogP contribution in [0.5, 0.6) is 0 Å². The summed E-state index contributed by atoms with van der Waals surface area (Å²) in [6, 6.07) is 7.92. The number of amides is 1. The van der Waals surface area contributed by atoms with E-state index < -0.39 is 27.6 Å². The Morgan fingerprint density at radius 2 is 1.86 bits per heavy atom. The highest BCUT2D eigenvalue weighted by Crippen LogP contribution is 2.27. The van der Waals surface area contributed by atoms with Crippen LogP contribution in [0.15, 0.2) is 36.4 Å². The quantitative estimate of drug-likeness (QED) is 0.846. The smallest absolute Gasteiger partial charge is 0.251 e. The lowest BCUT2D eigenvalue weighted by atomic mass is 9.98. The minimum Gasteiger partial charge on any atom is -0.348 e. The van der Waals surface area contributed by atoms with E-state index in [2.05, 4.69) is 5.32 Å². The van der Waals surface area contributed by atoms with Gasteiger partial charge in [0.2, 0.25) is 10.0 Å². The number of sulfonamides is 1. The molecule has 1 aliphatic rings. The first kappa shape index (κ1) is 20.4. The fraction of sp³-hybridized carbons (Fsp3) is 0.350. The molecular weight excluding hydrogens is 386 g/mol. The maximum atomic E-state index is 14.6. The average Bonchev–Trinajstić information content (AvgIpc) is 2.62. The number of nitrogens with zero attached hydrogens (tertiary/aromatic N) is 1. The summed E-state index contributed by atoms with van der Waals surface area (Å²) in [6.07, 6.45) is 2.45. The van der Waals surface area contributed by atoms with E-state index in [4.69, 9.17) is 0 Å². The van der Waals surface area contributed by atoms with E-state index in [0.29, 0.717) is 30.5 Å². The molecule has 28 heavy (non-hydrogen) atoms. The fourth-order valence-corrected chi connectivity index (χ4v) is 4.35. The third-order valence-electron chi connectivity index (χ3n) is 4.90. The van der Waals surface area contributed by atoms with E-state index in [9.17, 15) is 22.0 Å². The molecule has 5 nitrogen and oxygen atoms in total. The topological polar surface area (TPSA) is 66.5 Å². The minimum absolute atomic E-state index is 0.150. The zero-order chi connectivity index (χ0) is 20.5. The Bertz CT molecular complexity index is 1010. The number of aryl methyl sites for hydroxylation is 1. The first-order chi connectivity index (χ1) is 13.1. The van der Waals surface area contributed by atoms with Crippen LogP contribution in [0.25, 0.3) is 11.1 Å². The molecule has 3 rings (SSSR count). The van der Waals surface area contributed by atoms with Crippen LogP contribution in [-0.2, 0) is 10.0 Å². The van der Waals surface area contributed by atoms with E-state index in [1.807, 2.05) is 0 Å². The van der Waals surface area contributed by atoms with Gasteiger partial charge in [-0.05, 0) is 55.2 Å². The van der Waals surface area contributed by atoms with Crippen molar-refractivity contribution in [3.63, 3.8) is 0 Å².